The number of thiazole rings is 1. The highest BCUT2D eigenvalue weighted by atomic mass is 127. The lowest BCUT2D eigenvalue weighted by atomic mass is 10.3. The van der Waals surface area contributed by atoms with Crippen molar-refractivity contribution in [2.24, 2.45) is 4.99 Å². The van der Waals surface area contributed by atoms with Gasteiger partial charge in [-0.2, -0.15) is 0 Å². The minimum atomic E-state index is 0. The van der Waals surface area contributed by atoms with E-state index < -0.39 is 0 Å². The summed E-state index contributed by atoms with van der Waals surface area (Å²) in [6.07, 6.45) is 2.89. The van der Waals surface area contributed by atoms with Gasteiger partial charge in [0.05, 0.1) is 10.3 Å². The van der Waals surface area contributed by atoms with E-state index in [1.165, 1.54) is 13.5 Å². The quantitative estimate of drug-likeness (QED) is 0.345. The zero-order chi connectivity index (χ0) is 15.1. The average molecular weight is 515 g/mol. The van der Waals surface area contributed by atoms with Gasteiger partial charge in [-0.1, -0.05) is 0 Å². The molecule has 0 spiro atoms. The third-order valence-corrected chi connectivity index (χ3v) is 5.26. The summed E-state index contributed by atoms with van der Waals surface area (Å²) in [5.41, 5.74) is 0. The van der Waals surface area contributed by atoms with Gasteiger partial charge in [0.25, 0.3) is 0 Å². The number of hydrogen-bond acceptors (Lipinski definition) is 4. The highest BCUT2D eigenvalue weighted by Crippen LogP contribution is 2.22. The molecule has 0 radical (unpaired) electrons. The highest BCUT2D eigenvalue weighted by Gasteiger charge is 2.02. The Morgan fingerprint density at radius 3 is 2.73 bits per heavy atom. The molecule has 2 aromatic rings. The zero-order valence-electron chi connectivity index (χ0n) is 12.6. The van der Waals surface area contributed by atoms with Crippen molar-refractivity contribution in [2.75, 3.05) is 13.1 Å². The summed E-state index contributed by atoms with van der Waals surface area (Å²) >= 11 is 6.95. The second-order valence-electron chi connectivity index (χ2n) is 4.44. The van der Waals surface area contributed by atoms with Crippen LogP contribution in [0.25, 0.3) is 0 Å². The highest BCUT2D eigenvalue weighted by molar-refractivity contribution is 14.0. The molecule has 122 valence electrons. The molecule has 0 aliphatic carbocycles. The number of halogens is 2. The molecule has 2 N–H and O–H groups in total. The first-order valence-electron chi connectivity index (χ1n) is 6.85. The van der Waals surface area contributed by atoms with Gasteiger partial charge in [0.2, 0.25) is 0 Å². The smallest absolute Gasteiger partial charge is 0.191 e. The largest absolute Gasteiger partial charge is 0.357 e. The van der Waals surface area contributed by atoms with Crippen LogP contribution in [0.4, 0.5) is 0 Å². The van der Waals surface area contributed by atoms with E-state index in [-0.39, 0.29) is 24.0 Å². The number of nitrogens with one attached hydrogen (secondary N) is 2. The standard InChI is InChI=1S/C14H19BrN4S2.HI/c1-3-16-14(19-9-13-18-8-10(2)20-13)17-7-6-11-4-5-12(15)21-11;/h4-5,8H,3,6-7,9H2,1-2H3,(H2,16,17,19);1H. The molecule has 2 heterocycles. The van der Waals surface area contributed by atoms with Gasteiger partial charge in [-0.15, -0.1) is 46.7 Å². The topological polar surface area (TPSA) is 49.3 Å². The van der Waals surface area contributed by atoms with Gasteiger partial charge in [-0.3, -0.25) is 0 Å². The van der Waals surface area contributed by atoms with E-state index in [1.807, 2.05) is 6.20 Å². The Balaban J connectivity index is 0.00000242. The first kappa shape index (κ1) is 19.9. The third-order valence-electron chi connectivity index (χ3n) is 2.68. The zero-order valence-corrected chi connectivity index (χ0v) is 18.1. The summed E-state index contributed by atoms with van der Waals surface area (Å²) in [5, 5.41) is 7.67. The second kappa shape index (κ2) is 10.6. The van der Waals surface area contributed by atoms with Crippen molar-refractivity contribution >= 4 is 68.5 Å². The molecule has 0 aliphatic rings. The van der Waals surface area contributed by atoms with Gasteiger partial charge in [-0.05, 0) is 48.3 Å². The fourth-order valence-electron chi connectivity index (χ4n) is 1.75. The summed E-state index contributed by atoms with van der Waals surface area (Å²) in [4.78, 5) is 11.5. The van der Waals surface area contributed by atoms with Crippen molar-refractivity contribution in [3.05, 3.63) is 36.9 Å². The van der Waals surface area contributed by atoms with Gasteiger partial charge in [0, 0.05) is 29.0 Å². The molecule has 2 aromatic heterocycles. The van der Waals surface area contributed by atoms with E-state index in [4.69, 9.17) is 0 Å². The Morgan fingerprint density at radius 2 is 2.14 bits per heavy atom. The number of guanidine groups is 1. The van der Waals surface area contributed by atoms with Crippen LogP contribution in [-0.4, -0.2) is 24.0 Å². The third kappa shape index (κ3) is 6.93. The van der Waals surface area contributed by atoms with Crippen molar-refractivity contribution in [1.82, 2.24) is 15.6 Å². The van der Waals surface area contributed by atoms with Gasteiger partial charge < -0.3 is 10.6 Å². The van der Waals surface area contributed by atoms with Crippen LogP contribution in [-0.2, 0) is 13.0 Å². The number of hydrogen-bond donors (Lipinski definition) is 2. The van der Waals surface area contributed by atoms with E-state index in [2.05, 4.69) is 62.5 Å². The van der Waals surface area contributed by atoms with E-state index in [1.54, 1.807) is 22.7 Å². The first-order valence-corrected chi connectivity index (χ1v) is 9.27. The van der Waals surface area contributed by atoms with Crippen molar-refractivity contribution < 1.29 is 0 Å². The Morgan fingerprint density at radius 1 is 1.32 bits per heavy atom. The summed E-state index contributed by atoms with van der Waals surface area (Å²) in [7, 11) is 0. The number of aliphatic imine (C=N–C) groups is 1. The Bertz CT molecular complexity index is 597. The summed E-state index contributed by atoms with van der Waals surface area (Å²) in [6.45, 7) is 6.48. The summed E-state index contributed by atoms with van der Waals surface area (Å²) in [6, 6.07) is 4.24. The fourth-order valence-corrected chi connectivity index (χ4v) is 3.95. The molecular weight excluding hydrogens is 495 g/mol. The van der Waals surface area contributed by atoms with Crippen molar-refractivity contribution in [2.45, 2.75) is 26.8 Å². The number of rotatable bonds is 6. The molecular formula is C14H20BrIN4S2. The molecule has 2 rings (SSSR count). The molecule has 0 saturated carbocycles. The lowest BCUT2D eigenvalue weighted by Crippen LogP contribution is -2.38. The summed E-state index contributed by atoms with van der Waals surface area (Å²) < 4.78 is 1.18. The molecule has 8 heteroatoms. The maximum Gasteiger partial charge on any atom is 0.191 e. The molecule has 4 nitrogen and oxygen atoms in total. The summed E-state index contributed by atoms with van der Waals surface area (Å²) in [5.74, 6) is 0.848. The average Bonchev–Trinajstić information content (AvgIpc) is 3.05. The van der Waals surface area contributed by atoms with Crippen LogP contribution in [0.3, 0.4) is 0 Å². The lowest BCUT2D eigenvalue weighted by molar-refractivity contribution is 0.804. The monoisotopic (exact) mass is 514 g/mol. The Hall–Kier alpha value is -0.190. The number of aromatic nitrogens is 1. The Labute approximate surface area is 165 Å². The van der Waals surface area contributed by atoms with Crippen LogP contribution in [0.15, 0.2) is 27.1 Å². The van der Waals surface area contributed by atoms with E-state index in [9.17, 15) is 0 Å². The minimum absolute atomic E-state index is 0. The van der Waals surface area contributed by atoms with Crippen molar-refractivity contribution in [1.29, 1.82) is 0 Å². The number of nitrogens with zero attached hydrogens (tertiary/aromatic N) is 2. The molecule has 0 bridgehead atoms. The molecule has 0 fully saturated rings. The molecule has 0 saturated heterocycles. The molecule has 0 aliphatic heterocycles. The molecule has 0 amide bonds. The SMILES string of the molecule is CCNC(=NCc1ncc(C)s1)NCCc1ccc(Br)s1.I. The molecule has 0 unspecified atom stereocenters. The Kier molecular flexibility index (Phi) is 9.53. The van der Waals surface area contributed by atoms with Crippen LogP contribution in [0.5, 0.6) is 0 Å². The maximum atomic E-state index is 4.57. The van der Waals surface area contributed by atoms with Crippen molar-refractivity contribution in [3.63, 3.8) is 0 Å². The van der Waals surface area contributed by atoms with Crippen LogP contribution < -0.4 is 10.6 Å². The predicted octanol–water partition coefficient (Wildman–Crippen LogP) is 4.19. The van der Waals surface area contributed by atoms with Crippen LogP contribution in [0.1, 0.15) is 21.7 Å². The fraction of sp³-hybridized carbons (Fsp3) is 0.429. The van der Waals surface area contributed by atoms with Crippen LogP contribution >= 0.6 is 62.6 Å². The van der Waals surface area contributed by atoms with E-state index >= 15 is 0 Å². The van der Waals surface area contributed by atoms with Crippen LogP contribution in [0.2, 0.25) is 0 Å². The number of thiophene rings is 1. The van der Waals surface area contributed by atoms with E-state index in [0.29, 0.717) is 6.54 Å². The molecule has 0 atom stereocenters. The maximum absolute atomic E-state index is 4.57. The molecule has 22 heavy (non-hydrogen) atoms. The normalized spacial score (nSPS) is 11.1. The van der Waals surface area contributed by atoms with E-state index in [0.717, 1.165) is 30.5 Å². The lowest BCUT2D eigenvalue weighted by Gasteiger charge is -2.10. The number of aryl methyl sites for hydroxylation is 1. The first-order chi connectivity index (χ1) is 10.2. The van der Waals surface area contributed by atoms with Gasteiger partial charge in [-0.25, -0.2) is 9.98 Å². The second-order valence-corrected chi connectivity index (χ2v) is 8.31. The van der Waals surface area contributed by atoms with Gasteiger partial charge in [0.1, 0.15) is 5.01 Å². The van der Waals surface area contributed by atoms with Crippen molar-refractivity contribution in [3.8, 4) is 0 Å². The van der Waals surface area contributed by atoms with Gasteiger partial charge in [0.15, 0.2) is 5.96 Å². The predicted molar refractivity (Wildman–Crippen MR) is 111 cm³/mol. The minimum Gasteiger partial charge on any atom is -0.357 e. The molecule has 0 aromatic carbocycles. The van der Waals surface area contributed by atoms with Crippen LogP contribution in [0, 0.1) is 6.92 Å². The van der Waals surface area contributed by atoms with Gasteiger partial charge >= 0.3 is 0 Å².